The second-order valence-corrected chi connectivity index (χ2v) is 6.95. The topological polar surface area (TPSA) is 61.9 Å². The number of piperidine rings is 1. The first-order chi connectivity index (χ1) is 10.1. The summed E-state index contributed by atoms with van der Waals surface area (Å²) in [5.74, 6) is 0.350. The van der Waals surface area contributed by atoms with Crippen LogP contribution in [0.25, 0.3) is 0 Å². The van der Waals surface area contributed by atoms with E-state index in [0.29, 0.717) is 5.92 Å². The van der Waals surface area contributed by atoms with Gasteiger partial charge in [0.1, 0.15) is 5.01 Å². The Bertz CT molecular complexity index is 659. The molecule has 0 amide bonds. The predicted molar refractivity (Wildman–Crippen MR) is 83.7 cm³/mol. The Labute approximate surface area is 128 Å². The van der Waals surface area contributed by atoms with E-state index in [-0.39, 0.29) is 5.56 Å². The van der Waals surface area contributed by atoms with Crippen LogP contribution in [-0.2, 0) is 6.54 Å². The van der Waals surface area contributed by atoms with Gasteiger partial charge in [-0.3, -0.25) is 9.69 Å². The number of hydrogen-bond donors (Lipinski definition) is 1. The monoisotopic (exact) mass is 304 g/mol. The molecule has 21 heavy (non-hydrogen) atoms. The van der Waals surface area contributed by atoms with Gasteiger partial charge in [-0.15, -0.1) is 11.3 Å². The normalized spacial score (nSPS) is 19.8. The Morgan fingerprint density at radius 3 is 3.05 bits per heavy atom. The molecule has 112 valence electrons. The van der Waals surface area contributed by atoms with Crippen LogP contribution < -0.4 is 5.56 Å². The van der Waals surface area contributed by atoms with Crippen molar-refractivity contribution in [2.45, 2.75) is 39.2 Å². The van der Waals surface area contributed by atoms with Crippen molar-refractivity contribution in [2.75, 3.05) is 13.1 Å². The quantitative estimate of drug-likeness (QED) is 0.944. The number of rotatable bonds is 3. The van der Waals surface area contributed by atoms with Gasteiger partial charge in [-0.25, -0.2) is 9.97 Å². The molecule has 5 nitrogen and oxygen atoms in total. The van der Waals surface area contributed by atoms with Gasteiger partial charge in [0.25, 0.3) is 5.56 Å². The molecular formula is C15H20N4OS. The average molecular weight is 304 g/mol. The average Bonchev–Trinajstić information content (AvgIpc) is 2.77. The summed E-state index contributed by atoms with van der Waals surface area (Å²) < 4.78 is 0. The summed E-state index contributed by atoms with van der Waals surface area (Å²) >= 11 is 1.78. The zero-order valence-electron chi connectivity index (χ0n) is 12.4. The minimum atomic E-state index is -0.0664. The molecule has 0 aromatic carbocycles. The van der Waals surface area contributed by atoms with E-state index in [9.17, 15) is 4.79 Å². The molecule has 1 fully saturated rings. The maximum atomic E-state index is 11.4. The molecule has 6 heteroatoms. The summed E-state index contributed by atoms with van der Waals surface area (Å²) in [7, 11) is 0. The minimum Gasteiger partial charge on any atom is -0.313 e. The van der Waals surface area contributed by atoms with E-state index in [1.165, 1.54) is 16.2 Å². The predicted octanol–water partition coefficient (Wildman–Crippen LogP) is 2.22. The molecule has 0 saturated carbocycles. The zero-order valence-corrected chi connectivity index (χ0v) is 13.2. The van der Waals surface area contributed by atoms with Gasteiger partial charge in [0.05, 0.1) is 24.3 Å². The van der Waals surface area contributed by atoms with E-state index >= 15 is 0 Å². The van der Waals surface area contributed by atoms with Crippen LogP contribution >= 0.6 is 11.3 Å². The first-order valence-corrected chi connectivity index (χ1v) is 8.13. The Hall–Kier alpha value is -1.53. The van der Waals surface area contributed by atoms with Gasteiger partial charge < -0.3 is 4.98 Å². The zero-order chi connectivity index (χ0) is 14.8. The van der Waals surface area contributed by atoms with Gasteiger partial charge in [0, 0.05) is 23.4 Å². The van der Waals surface area contributed by atoms with Gasteiger partial charge in [-0.05, 0) is 33.2 Å². The van der Waals surface area contributed by atoms with Gasteiger partial charge >= 0.3 is 0 Å². The Morgan fingerprint density at radius 2 is 2.33 bits per heavy atom. The van der Waals surface area contributed by atoms with Crippen molar-refractivity contribution in [1.82, 2.24) is 19.9 Å². The van der Waals surface area contributed by atoms with Crippen molar-refractivity contribution in [2.24, 2.45) is 0 Å². The molecule has 2 aromatic rings. The minimum absolute atomic E-state index is 0.0664. The third-order valence-corrected chi connectivity index (χ3v) is 5.11. The third-order valence-electron chi connectivity index (χ3n) is 4.05. The molecule has 2 aromatic heterocycles. The van der Waals surface area contributed by atoms with Gasteiger partial charge in [0.2, 0.25) is 0 Å². The maximum absolute atomic E-state index is 11.4. The second kappa shape index (κ2) is 6.07. The fraction of sp³-hybridized carbons (Fsp3) is 0.533. The lowest BCUT2D eigenvalue weighted by atomic mass is 9.94. The molecule has 1 N–H and O–H groups in total. The SMILES string of the molecule is Cc1nc(CN2CCC[C@H](c3cc(=O)[nH]cn3)C2)sc1C. The number of H-pyrrole nitrogens is 1. The van der Waals surface area contributed by atoms with E-state index < -0.39 is 0 Å². The molecule has 0 aliphatic carbocycles. The lowest BCUT2D eigenvalue weighted by molar-refractivity contribution is 0.198. The van der Waals surface area contributed by atoms with Crippen molar-refractivity contribution in [1.29, 1.82) is 0 Å². The number of hydrogen-bond acceptors (Lipinski definition) is 5. The van der Waals surface area contributed by atoms with Crippen molar-refractivity contribution in [3.8, 4) is 0 Å². The van der Waals surface area contributed by atoms with Gasteiger partial charge in [-0.1, -0.05) is 0 Å². The van der Waals surface area contributed by atoms with Crippen molar-refractivity contribution in [3.05, 3.63) is 44.0 Å². The molecule has 3 heterocycles. The molecule has 0 spiro atoms. The largest absolute Gasteiger partial charge is 0.313 e. The molecule has 0 bridgehead atoms. The van der Waals surface area contributed by atoms with E-state index in [1.807, 2.05) is 0 Å². The standard InChI is InChI=1S/C15H20N4OS/c1-10-11(2)21-15(18-10)8-19-5-3-4-12(7-19)13-6-14(20)17-9-16-13/h6,9,12H,3-5,7-8H2,1-2H3,(H,16,17,20)/t12-/m0/s1. The van der Waals surface area contributed by atoms with E-state index in [2.05, 4.69) is 33.7 Å². The second-order valence-electron chi connectivity index (χ2n) is 5.66. The number of aromatic amines is 1. The number of likely N-dealkylation sites (tertiary alicyclic amines) is 1. The van der Waals surface area contributed by atoms with Crippen LogP contribution in [0.5, 0.6) is 0 Å². The highest BCUT2D eigenvalue weighted by Gasteiger charge is 2.23. The Balaban J connectivity index is 1.69. The lowest BCUT2D eigenvalue weighted by Crippen LogP contribution is -2.34. The van der Waals surface area contributed by atoms with Crippen molar-refractivity contribution < 1.29 is 0 Å². The van der Waals surface area contributed by atoms with E-state index in [4.69, 9.17) is 0 Å². The summed E-state index contributed by atoms with van der Waals surface area (Å²) in [5, 5.41) is 1.18. The molecule has 1 atom stereocenters. The van der Waals surface area contributed by atoms with Crippen LogP contribution in [0.1, 0.15) is 40.0 Å². The smallest absolute Gasteiger partial charge is 0.250 e. The van der Waals surface area contributed by atoms with Crippen molar-refractivity contribution >= 4 is 11.3 Å². The summed E-state index contributed by atoms with van der Waals surface area (Å²) in [6.07, 6.45) is 3.75. The number of aryl methyl sites for hydroxylation is 2. The molecule has 0 radical (unpaired) electrons. The molecular weight excluding hydrogens is 284 g/mol. The van der Waals surface area contributed by atoms with Crippen LogP contribution in [0.2, 0.25) is 0 Å². The summed E-state index contributed by atoms with van der Waals surface area (Å²) in [5.41, 5.74) is 1.98. The summed E-state index contributed by atoms with van der Waals surface area (Å²) in [6.45, 7) is 7.13. The molecule has 1 aliphatic rings. The third kappa shape index (κ3) is 3.39. The molecule has 3 rings (SSSR count). The molecule has 1 saturated heterocycles. The van der Waals surface area contributed by atoms with Crippen LogP contribution in [0.4, 0.5) is 0 Å². The fourth-order valence-corrected chi connectivity index (χ4v) is 3.82. The van der Waals surface area contributed by atoms with Crippen LogP contribution in [0.15, 0.2) is 17.2 Å². The first kappa shape index (κ1) is 14.4. The number of nitrogens with one attached hydrogen (secondary N) is 1. The Morgan fingerprint density at radius 1 is 1.48 bits per heavy atom. The van der Waals surface area contributed by atoms with Crippen LogP contribution in [0, 0.1) is 13.8 Å². The van der Waals surface area contributed by atoms with Crippen LogP contribution in [0.3, 0.4) is 0 Å². The molecule has 0 unspecified atom stereocenters. The number of aromatic nitrogens is 3. The summed E-state index contributed by atoms with van der Waals surface area (Å²) in [4.78, 5) is 26.7. The first-order valence-electron chi connectivity index (χ1n) is 7.31. The fourth-order valence-electron chi connectivity index (χ4n) is 2.85. The summed E-state index contributed by atoms with van der Waals surface area (Å²) in [6, 6.07) is 1.63. The van der Waals surface area contributed by atoms with E-state index in [1.54, 1.807) is 17.4 Å². The van der Waals surface area contributed by atoms with Gasteiger partial charge in [-0.2, -0.15) is 0 Å². The van der Waals surface area contributed by atoms with Gasteiger partial charge in [0.15, 0.2) is 0 Å². The number of nitrogens with zero attached hydrogens (tertiary/aromatic N) is 3. The van der Waals surface area contributed by atoms with Crippen LogP contribution in [-0.4, -0.2) is 32.9 Å². The number of thiazole rings is 1. The Kier molecular flexibility index (Phi) is 4.17. The highest BCUT2D eigenvalue weighted by Crippen LogP contribution is 2.26. The maximum Gasteiger partial charge on any atom is 0.250 e. The van der Waals surface area contributed by atoms with E-state index in [0.717, 1.165) is 43.9 Å². The highest BCUT2D eigenvalue weighted by atomic mass is 32.1. The molecule has 1 aliphatic heterocycles. The lowest BCUT2D eigenvalue weighted by Gasteiger charge is -2.31. The highest BCUT2D eigenvalue weighted by molar-refractivity contribution is 7.11. The van der Waals surface area contributed by atoms with Crippen molar-refractivity contribution in [3.63, 3.8) is 0 Å².